The Labute approximate surface area is 172 Å². The first-order valence-electron chi connectivity index (χ1n) is 11.0. The number of halogens is 2. The van der Waals surface area contributed by atoms with Crippen LogP contribution in [0, 0.1) is 0 Å². The SMILES string of the molecule is CCCCCCCCCCCCCCCCC=C(Cl)N(CCC)C(=O)Cl. The van der Waals surface area contributed by atoms with Crippen LogP contribution in [-0.2, 0) is 0 Å². The van der Waals surface area contributed by atoms with E-state index < -0.39 is 5.37 Å². The molecule has 0 fully saturated rings. The van der Waals surface area contributed by atoms with Gasteiger partial charge in [-0.1, -0.05) is 109 Å². The molecule has 0 saturated carbocycles. The van der Waals surface area contributed by atoms with Crippen molar-refractivity contribution < 1.29 is 4.79 Å². The van der Waals surface area contributed by atoms with E-state index in [1.807, 2.05) is 13.0 Å². The molecule has 0 spiro atoms. The maximum absolute atomic E-state index is 11.3. The lowest BCUT2D eigenvalue weighted by Gasteiger charge is -2.17. The summed E-state index contributed by atoms with van der Waals surface area (Å²) in [5.41, 5.74) is 0. The summed E-state index contributed by atoms with van der Waals surface area (Å²) >= 11 is 11.7. The van der Waals surface area contributed by atoms with Crippen LogP contribution in [-0.4, -0.2) is 16.8 Å². The second-order valence-corrected chi connectivity index (χ2v) is 8.03. The third kappa shape index (κ3) is 16.0. The first kappa shape index (κ1) is 25.8. The van der Waals surface area contributed by atoms with Gasteiger partial charge in [0.05, 0.1) is 0 Å². The van der Waals surface area contributed by atoms with Crippen LogP contribution in [0.5, 0.6) is 0 Å². The zero-order valence-corrected chi connectivity index (χ0v) is 18.7. The lowest BCUT2D eigenvalue weighted by Crippen LogP contribution is -2.23. The number of nitrogens with zero attached hydrogens (tertiary/aromatic N) is 1. The number of carbonyl (C=O) groups excluding carboxylic acids is 1. The van der Waals surface area contributed by atoms with Crippen molar-refractivity contribution >= 4 is 28.6 Å². The molecule has 154 valence electrons. The summed E-state index contributed by atoms with van der Waals surface area (Å²) in [7, 11) is 0. The Balaban J connectivity index is 3.43. The summed E-state index contributed by atoms with van der Waals surface area (Å²) in [5, 5.41) is -0.0180. The lowest BCUT2D eigenvalue weighted by molar-refractivity contribution is 0.236. The van der Waals surface area contributed by atoms with E-state index in [0.717, 1.165) is 19.3 Å². The van der Waals surface area contributed by atoms with E-state index in [9.17, 15) is 4.79 Å². The highest BCUT2D eigenvalue weighted by molar-refractivity contribution is 6.63. The van der Waals surface area contributed by atoms with Gasteiger partial charge in [0, 0.05) is 6.54 Å². The van der Waals surface area contributed by atoms with Crippen LogP contribution in [0.1, 0.15) is 117 Å². The molecule has 2 nitrogen and oxygen atoms in total. The Bertz CT molecular complexity index is 358. The van der Waals surface area contributed by atoms with Crippen molar-refractivity contribution in [2.24, 2.45) is 0 Å². The molecule has 4 heteroatoms. The van der Waals surface area contributed by atoms with Gasteiger partial charge >= 0.3 is 5.37 Å². The zero-order chi connectivity index (χ0) is 19.5. The van der Waals surface area contributed by atoms with Crippen molar-refractivity contribution in [3.8, 4) is 0 Å². The highest BCUT2D eigenvalue weighted by atomic mass is 35.5. The first-order chi connectivity index (χ1) is 12.6. The van der Waals surface area contributed by atoms with Gasteiger partial charge in [-0.3, -0.25) is 9.69 Å². The Morgan fingerprint density at radius 2 is 1.12 bits per heavy atom. The predicted octanol–water partition coefficient (Wildman–Crippen LogP) is 9.01. The minimum atomic E-state index is -0.492. The summed E-state index contributed by atoms with van der Waals surface area (Å²) in [4.78, 5) is 12.7. The molecule has 0 aromatic heterocycles. The average Bonchev–Trinajstić information content (AvgIpc) is 2.62. The topological polar surface area (TPSA) is 20.3 Å². The molecule has 0 aliphatic rings. The van der Waals surface area contributed by atoms with Gasteiger partial charge in [0.2, 0.25) is 0 Å². The minimum absolute atomic E-state index is 0.474. The van der Waals surface area contributed by atoms with Crippen LogP contribution < -0.4 is 0 Å². The Morgan fingerprint density at radius 1 is 0.692 bits per heavy atom. The van der Waals surface area contributed by atoms with E-state index in [1.165, 1.54) is 88.4 Å². The standard InChI is InChI=1S/C22H41Cl2NO/c1-3-5-6-7-8-9-10-11-12-13-14-15-16-17-18-19-21(23)25(20-4-2)22(24)26/h19H,3-18,20H2,1-2H3. The average molecular weight is 406 g/mol. The molecule has 26 heavy (non-hydrogen) atoms. The number of hydrogen-bond acceptors (Lipinski definition) is 1. The fourth-order valence-electron chi connectivity index (χ4n) is 3.17. The molecule has 0 aromatic carbocycles. The summed E-state index contributed by atoms with van der Waals surface area (Å²) in [5.74, 6) is 0. The zero-order valence-electron chi connectivity index (χ0n) is 17.2. The Morgan fingerprint density at radius 3 is 1.50 bits per heavy atom. The van der Waals surface area contributed by atoms with Gasteiger partial charge < -0.3 is 0 Å². The molecule has 0 saturated heterocycles. The molecule has 0 rings (SSSR count). The Hall–Kier alpha value is -0.210. The van der Waals surface area contributed by atoms with Crippen molar-refractivity contribution in [1.82, 2.24) is 4.90 Å². The molecule has 0 N–H and O–H groups in total. The molecule has 0 bridgehead atoms. The van der Waals surface area contributed by atoms with E-state index in [-0.39, 0.29) is 0 Å². The van der Waals surface area contributed by atoms with E-state index in [0.29, 0.717) is 11.7 Å². The maximum Gasteiger partial charge on any atom is 0.321 e. The second kappa shape index (κ2) is 19.5. The van der Waals surface area contributed by atoms with Crippen LogP contribution in [0.15, 0.2) is 11.2 Å². The smallest absolute Gasteiger partial charge is 0.289 e. The van der Waals surface area contributed by atoms with Crippen LogP contribution in [0.25, 0.3) is 0 Å². The van der Waals surface area contributed by atoms with Crippen molar-refractivity contribution in [2.45, 2.75) is 117 Å². The monoisotopic (exact) mass is 405 g/mol. The molecule has 0 aliphatic carbocycles. The van der Waals surface area contributed by atoms with Crippen LogP contribution in [0.2, 0.25) is 0 Å². The van der Waals surface area contributed by atoms with E-state index >= 15 is 0 Å². The van der Waals surface area contributed by atoms with Gasteiger partial charge in [-0.15, -0.1) is 0 Å². The summed E-state index contributed by atoms with van der Waals surface area (Å²) in [6.45, 7) is 4.86. The molecule has 0 aromatic rings. The van der Waals surface area contributed by atoms with Gasteiger partial charge in [-0.2, -0.15) is 0 Å². The molecule has 0 heterocycles. The first-order valence-corrected chi connectivity index (χ1v) is 11.7. The molecular formula is C22H41Cl2NO. The number of unbranched alkanes of at least 4 members (excludes halogenated alkanes) is 14. The highest BCUT2D eigenvalue weighted by Crippen LogP contribution is 2.17. The molecule has 0 atom stereocenters. The van der Waals surface area contributed by atoms with Crippen molar-refractivity contribution in [1.29, 1.82) is 0 Å². The molecule has 0 aliphatic heterocycles. The van der Waals surface area contributed by atoms with Gasteiger partial charge in [0.25, 0.3) is 0 Å². The quantitative estimate of drug-likeness (QED) is 0.126. The summed E-state index contributed by atoms with van der Waals surface area (Å²) < 4.78 is 0. The van der Waals surface area contributed by atoms with E-state index in [4.69, 9.17) is 23.2 Å². The molecule has 0 radical (unpaired) electrons. The van der Waals surface area contributed by atoms with E-state index in [2.05, 4.69) is 6.92 Å². The van der Waals surface area contributed by atoms with Crippen molar-refractivity contribution in [2.75, 3.05) is 6.54 Å². The third-order valence-corrected chi connectivity index (χ3v) is 5.35. The molecular weight excluding hydrogens is 365 g/mol. The largest absolute Gasteiger partial charge is 0.321 e. The predicted molar refractivity (Wildman–Crippen MR) is 117 cm³/mol. The maximum atomic E-state index is 11.3. The van der Waals surface area contributed by atoms with Crippen molar-refractivity contribution in [3.05, 3.63) is 11.2 Å². The lowest BCUT2D eigenvalue weighted by atomic mass is 10.0. The number of rotatable bonds is 18. The second-order valence-electron chi connectivity index (χ2n) is 7.32. The van der Waals surface area contributed by atoms with Gasteiger partial charge in [0.15, 0.2) is 0 Å². The third-order valence-electron chi connectivity index (χ3n) is 4.79. The van der Waals surface area contributed by atoms with Crippen molar-refractivity contribution in [3.63, 3.8) is 0 Å². The number of carbonyl (C=O) groups is 1. The van der Waals surface area contributed by atoms with Gasteiger partial charge in [0.1, 0.15) is 5.16 Å². The Kier molecular flexibility index (Phi) is 19.4. The fraction of sp³-hybridized carbons (Fsp3) is 0.864. The highest BCUT2D eigenvalue weighted by Gasteiger charge is 2.12. The number of hydrogen-bond donors (Lipinski definition) is 0. The minimum Gasteiger partial charge on any atom is -0.289 e. The van der Waals surface area contributed by atoms with Crippen LogP contribution in [0.3, 0.4) is 0 Å². The normalized spacial score (nSPS) is 11.8. The van der Waals surface area contributed by atoms with Crippen LogP contribution >= 0.6 is 23.2 Å². The van der Waals surface area contributed by atoms with Crippen LogP contribution in [0.4, 0.5) is 4.79 Å². The van der Waals surface area contributed by atoms with E-state index in [1.54, 1.807) is 0 Å². The summed E-state index contributed by atoms with van der Waals surface area (Å²) in [6.07, 6.45) is 22.8. The molecule has 0 unspecified atom stereocenters. The van der Waals surface area contributed by atoms with Gasteiger partial charge in [-0.25, -0.2) is 0 Å². The fourth-order valence-corrected chi connectivity index (χ4v) is 3.66. The molecule has 1 amide bonds. The number of allylic oxidation sites excluding steroid dienone is 1. The van der Waals surface area contributed by atoms with Gasteiger partial charge in [-0.05, 0) is 36.9 Å². The summed E-state index contributed by atoms with van der Waals surface area (Å²) in [6, 6.07) is 0. The number of amides is 1.